The molecule has 0 aliphatic carbocycles. The number of benzene rings is 2. The van der Waals surface area contributed by atoms with Crippen molar-refractivity contribution in [2.45, 2.75) is 13.0 Å². The van der Waals surface area contributed by atoms with E-state index < -0.39 is 0 Å². The Bertz CT molecular complexity index is 1240. The Balaban J connectivity index is 2.07. The second-order valence-corrected chi connectivity index (χ2v) is 7.73. The van der Waals surface area contributed by atoms with Crippen LogP contribution in [0.15, 0.2) is 45.6 Å². The predicted octanol–water partition coefficient (Wildman–Crippen LogP) is 3.70. The van der Waals surface area contributed by atoms with E-state index in [1.165, 1.54) is 13.2 Å². The maximum Gasteiger partial charge on any atom is 0.197 e. The molecule has 0 radical (unpaired) electrons. The van der Waals surface area contributed by atoms with Gasteiger partial charge in [-0.1, -0.05) is 12.1 Å². The van der Waals surface area contributed by atoms with Crippen molar-refractivity contribution in [3.63, 3.8) is 0 Å². The highest BCUT2D eigenvalue weighted by molar-refractivity contribution is 5.96. The molecule has 7 nitrogen and oxygen atoms in total. The van der Waals surface area contributed by atoms with Gasteiger partial charge in [-0.05, 0) is 42.8 Å². The van der Waals surface area contributed by atoms with Gasteiger partial charge >= 0.3 is 0 Å². The highest BCUT2D eigenvalue weighted by Crippen LogP contribution is 2.41. The number of aliphatic hydroxyl groups is 1. The van der Waals surface area contributed by atoms with E-state index in [1.807, 2.05) is 12.1 Å². The zero-order valence-corrected chi connectivity index (χ0v) is 18.7. The topological polar surface area (TPSA) is 81.4 Å². The molecule has 1 aromatic heterocycles. The van der Waals surface area contributed by atoms with Crippen LogP contribution in [0.5, 0.6) is 17.2 Å². The summed E-state index contributed by atoms with van der Waals surface area (Å²) in [5, 5.41) is 10.5. The summed E-state index contributed by atoms with van der Waals surface area (Å²) in [5.41, 5.74) is 3.21. The Kier molecular flexibility index (Phi) is 6.21. The molecule has 0 fully saturated rings. The number of ether oxygens (including phenoxy) is 3. The summed E-state index contributed by atoms with van der Waals surface area (Å²) in [6.45, 7) is 1.45. The lowest BCUT2D eigenvalue weighted by atomic mass is 9.92. The molecule has 0 saturated carbocycles. The fourth-order valence-electron chi connectivity index (χ4n) is 4.20. The van der Waals surface area contributed by atoms with Gasteiger partial charge < -0.3 is 28.6 Å². The molecule has 3 aromatic rings. The van der Waals surface area contributed by atoms with E-state index in [2.05, 4.69) is 18.0 Å². The van der Waals surface area contributed by atoms with Crippen LogP contribution in [0.4, 0.5) is 0 Å². The van der Waals surface area contributed by atoms with Crippen LogP contribution in [-0.2, 0) is 6.61 Å². The Morgan fingerprint density at radius 2 is 1.88 bits per heavy atom. The zero-order valence-electron chi connectivity index (χ0n) is 18.7. The summed E-state index contributed by atoms with van der Waals surface area (Å²) in [4.78, 5) is 15.5. The van der Waals surface area contributed by atoms with Crippen LogP contribution in [0.3, 0.4) is 0 Å². The van der Waals surface area contributed by atoms with Gasteiger partial charge in [-0.25, -0.2) is 0 Å². The molecule has 0 bridgehead atoms. The summed E-state index contributed by atoms with van der Waals surface area (Å²) in [6.07, 6.45) is 2.89. The number of methoxy groups -OCH3 is 3. The van der Waals surface area contributed by atoms with Gasteiger partial charge in [0.25, 0.3) is 0 Å². The Morgan fingerprint density at radius 3 is 2.50 bits per heavy atom. The lowest BCUT2D eigenvalue weighted by Gasteiger charge is -2.24. The molecule has 1 N–H and O–H groups in total. The molecule has 1 aliphatic heterocycles. The van der Waals surface area contributed by atoms with Gasteiger partial charge in [0.05, 0.1) is 33.5 Å². The largest absolute Gasteiger partial charge is 0.496 e. The van der Waals surface area contributed by atoms with E-state index in [4.69, 9.17) is 18.6 Å². The van der Waals surface area contributed by atoms with Gasteiger partial charge in [-0.2, -0.15) is 0 Å². The molecule has 2 heterocycles. The molecule has 0 atom stereocenters. The van der Waals surface area contributed by atoms with Crippen molar-refractivity contribution in [1.82, 2.24) is 4.90 Å². The molecule has 0 spiro atoms. The first kappa shape index (κ1) is 21.9. The molecule has 0 saturated heterocycles. The van der Waals surface area contributed by atoms with Gasteiger partial charge in [0.2, 0.25) is 0 Å². The normalized spacial score (nSPS) is 14.3. The minimum absolute atomic E-state index is 0.203. The third kappa shape index (κ3) is 3.74. The Labute approximate surface area is 186 Å². The number of aliphatic hydroxyl groups excluding tert-OH is 1. The standard InChI is InChI=1S/C25H27NO6/c1-26-10-8-15(9-11-26)22-16(14-27)12-21(30-3)23-18(28)13-20(32-25(22)23)17-6-5-7-19(29-2)24(17)31-4/h5-8,12-13,27H,9-11,14H2,1-4H3. The first-order valence-corrected chi connectivity index (χ1v) is 10.4. The number of likely N-dealkylation sites (N-methyl/N-ethyl adjacent to an activating group) is 1. The molecule has 168 valence electrons. The Hall–Kier alpha value is -3.29. The number of rotatable bonds is 6. The molecule has 0 unspecified atom stereocenters. The monoisotopic (exact) mass is 437 g/mol. The fraction of sp³-hybridized carbons (Fsp3) is 0.320. The Morgan fingerprint density at radius 1 is 1.09 bits per heavy atom. The SMILES string of the molecule is COc1cccc(-c2cc(=O)c3c(OC)cc(CO)c(C4=CCN(C)CC4)c3o2)c1OC. The number of hydrogen-bond acceptors (Lipinski definition) is 7. The van der Waals surface area contributed by atoms with Gasteiger partial charge in [0.15, 0.2) is 16.9 Å². The highest BCUT2D eigenvalue weighted by Gasteiger charge is 2.24. The van der Waals surface area contributed by atoms with Crippen molar-refractivity contribution >= 4 is 16.5 Å². The van der Waals surface area contributed by atoms with Crippen molar-refractivity contribution in [2.75, 3.05) is 41.5 Å². The first-order valence-electron chi connectivity index (χ1n) is 10.4. The zero-order chi connectivity index (χ0) is 22.8. The molecular formula is C25H27NO6. The predicted molar refractivity (Wildman–Crippen MR) is 124 cm³/mol. The average molecular weight is 437 g/mol. The third-order valence-corrected chi connectivity index (χ3v) is 5.84. The smallest absolute Gasteiger partial charge is 0.197 e. The van der Waals surface area contributed by atoms with E-state index in [0.29, 0.717) is 45.1 Å². The van der Waals surface area contributed by atoms with Crippen LogP contribution in [0, 0.1) is 0 Å². The number of para-hydroxylation sites is 1. The third-order valence-electron chi connectivity index (χ3n) is 5.84. The van der Waals surface area contributed by atoms with Crippen LogP contribution in [0.25, 0.3) is 27.9 Å². The van der Waals surface area contributed by atoms with Gasteiger partial charge in [0, 0.05) is 24.7 Å². The van der Waals surface area contributed by atoms with Gasteiger partial charge in [-0.3, -0.25) is 4.79 Å². The van der Waals surface area contributed by atoms with E-state index in [-0.39, 0.29) is 12.0 Å². The minimum Gasteiger partial charge on any atom is -0.496 e. The van der Waals surface area contributed by atoms with Gasteiger partial charge in [-0.15, -0.1) is 0 Å². The first-order chi connectivity index (χ1) is 15.5. The summed E-state index contributed by atoms with van der Waals surface area (Å²) in [5.74, 6) is 1.74. The van der Waals surface area contributed by atoms with Crippen molar-refractivity contribution in [3.8, 4) is 28.6 Å². The van der Waals surface area contributed by atoms with E-state index in [9.17, 15) is 9.90 Å². The molecule has 1 aliphatic rings. The lowest BCUT2D eigenvalue weighted by Crippen LogP contribution is -2.24. The fourth-order valence-corrected chi connectivity index (χ4v) is 4.20. The summed E-state index contributed by atoms with van der Waals surface area (Å²) in [6, 6.07) is 8.56. The maximum absolute atomic E-state index is 13.3. The van der Waals surface area contributed by atoms with Crippen LogP contribution < -0.4 is 19.6 Å². The van der Waals surface area contributed by atoms with Crippen LogP contribution in [-0.4, -0.2) is 51.5 Å². The highest BCUT2D eigenvalue weighted by atomic mass is 16.5. The molecule has 32 heavy (non-hydrogen) atoms. The second kappa shape index (κ2) is 9.06. The molecule has 4 rings (SSSR count). The van der Waals surface area contributed by atoms with Gasteiger partial charge in [0.1, 0.15) is 22.5 Å². The number of fused-ring (bicyclic) bond motifs is 1. The summed E-state index contributed by atoms with van der Waals surface area (Å²) < 4.78 is 22.8. The van der Waals surface area contributed by atoms with Crippen molar-refractivity contribution < 1.29 is 23.7 Å². The lowest BCUT2D eigenvalue weighted by molar-refractivity contribution is 0.280. The van der Waals surface area contributed by atoms with E-state index >= 15 is 0 Å². The van der Waals surface area contributed by atoms with Crippen molar-refractivity contribution in [1.29, 1.82) is 0 Å². The minimum atomic E-state index is -0.234. The number of nitrogens with zero attached hydrogens (tertiary/aromatic N) is 1. The van der Waals surface area contributed by atoms with Crippen molar-refractivity contribution in [3.05, 3.63) is 57.8 Å². The van der Waals surface area contributed by atoms with E-state index in [0.717, 1.165) is 30.6 Å². The van der Waals surface area contributed by atoms with Crippen LogP contribution >= 0.6 is 0 Å². The maximum atomic E-state index is 13.3. The molecular weight excluding hydrogens is 410 g/mol. The summed E-state index contributed by atoms with van der Waals surface area (Å²) in [7, 11) is 6.66. The van der Waals surface area contributed by atoms with Crippen molar-refractivity contribution in [2.24, 2.45) is 0 Å². The van der Waals surface area contributed by atoms with Crippen LogP contribution in [0.1, 0.15) is 17.5 Å². The summed E-state index contributed by atoms with van der Waals surface area (Å²) >= 11 is 0. The van der Waals surface area contributed by atoms with Crippen LogP contribution in [0.2, 0.25) is 0 Å². The second-order valence-electron chi connectivity index (χ2n) is 7.73. The quantitative estimate of drug-likeness (QED) is 0.630. The molecule has 2 aromatic carbocycles. The number of hydrogen-bond donors (Lipinski definition) is 1. The average Bonchev–Trinajstić information content (AvgIpc) is 2.82. The molecule has 0 amide bonds. The van der Waals surface area contributed by atoms with E-state index in [1.54, 1.807) is 26.4 Å². The molecule has 7 heteroatoms.